The number of nitrogens with zero attached hydrogens (tertiary/aromatic N) is 1. The Morgan fingerprint density at radius 1 is 1.14 bits per heavy atom. The van der Waals surface area contributed by atoms with E-state index < -0.39 is 51.0 Å². The molecule has 0 saturated heterocycles. The first-order valence-corrected chi connectivity index (χ1v) is 8.03. The minimum atomic E-state index is -4.67. The molecule has 8 nitrogen and oxygen atoms in total. The predicted molar refractivity (Wildman–Crippen MR) is 89.5 cm³/mol. The third-order valence-electron chi connectivity index (χ3n) is 3.48. The molecule has 0 fully saturated rings. The standard InChI is InChI=1S/C17H11ClF3NO7/c1-8(15(23)24)28-16(25)11-6-9(3-5-14(11)22(26)27)29-10-2-4-12(13(18)7-10)17(19,20)21/h2-8H,1H3,(H,23,24)/p-1. The number of rotatable bonds is 6. The van der Waals surface area contributed by atoms with Crippen LogP contribution in [-0.4, -0.2) is 23.0 Å². The maximum Gasteiger partial charge on any atom is 0.417 e. The highest BCUT2D eigenvalue weighted by Crippen LogP contribution is 2.37. The van der Waals surface area contributed by atoms with Gasteiger partial charge in [0.05, 0.1) is 21.5 Å². The van der Waals surface area contributed by atoms with Crippen LogP contribution in [0.1, 0.15) is 22.8 Å². The topological polar surface area (TPSA) is 119 Å². The summed E-state index contributed by atoms with van der Waals surface area (Å²) in [6.07, 6.45) is -6.35. The molecule has 1 unspecified atom stereocenters. The van der Waals surface area contributed by atoms with E-state index in [0.29, 0.717) is 6.07 Å². The van der Waals surface area contributed by atoms with Crippen molar-refractivity contribution in [2.24, 2.45) is 0 Å². The van der Waals surface area contributed by atoms with Gasteiger partial charge in [0.2, 0.25) is 0 Å². The molecule has 0 N–H and O–H groups in total. The molecular formula is C17H10ClF3NO7-. The van der Waals surface area contributed by atoms with Gasteiger partial charge in [-0.15, -0.1) is 0 Å². The van der Waals surface area contributed by atoms with Gasteiger partial charge in [0.1, 0.15) is 23.2 Å². The van der Waals surface area contributed by atoms with Crippen LogP contribution in [0.5, 0.6) is 11.5 Å². The number of benzene rings is 2. The average molecular weight is 433 g/mol. The second-order valence-electron chi connectivity index (χ2n) is 5.54. The number of carboxylic acids is 1. The summed E-state index contributed by atoms with van der Waals surface area (Å²) in [6.45, 7) is 0.990. The molecule has 1 atom stereocenters. The highest BCUT2D eigenvalue weighted by Gasteiger charge is 2.33. The van der Waals surface area contributed by atoms with Crippen LogP contribution in [0.4, 0.5) is 18.9 Å². The number of carbonyl (C=O) groups excluding carboxylic acids is 2. The molecule has 12 heteroatoms. The first-order valence-electron chi connectivity index (χ1n) is 7.65. The van der Waals surface area contributed by atoms with Gasteiger partial charge in [0, 0.05) is 18.2 Å². The third kappa shape index (κ3) is 5.35. The Morgan fingerprint density at radius 3 is 2.24 bits per heavy atom. The fourth-order valence-corrected chi connectivity index (χ4v) is 2.38. The molecule has 2 aromatic carbocycles. The van der Waals surface area contributed by atoms with Crippen molar-refractivity contribution in [3.8, 4) is 11.5 Å². The Hall–Kier alpha value is -3.34. The number of aliphatic carboxylic acids is 1. The lowest BCUT2D eigenvalue weighted by Gasteiger charge is -2.14. The maximum absolute atomic E-state index is 12.7. The molecule has 0 heterocycles. The Bertz CT molecular complexity index is 978. The normalized spacial score (nSPS) is 12.2. The van der Waals surface area contributed by atoms with Crippen molar-refractivity contribution in [2.75, 3.05) is 0 Å². The summed E-state index contributed by atoms with van der Waals surface area (Å²) < 4.78 is 48.1. The number of nitro benzene ring substituents is 1. The molecule has 0 spiro atoms. The van der Waals surface area contributed by atoms with Crippen molar-refractivity contribution in [2.45, 2.75) is 19.2 Å². The quantitative estimate of drug-likeness (QED) is 0.390. The van der Waals surface area contributed by atoms with E-state index in [-0.39, 0.29) is 11.5 Å². The summed E-state index contributed by atoms with van der Waals surface area (Å²) in [5.41, 5.74) is -2.41. The molecule has 0 aliphatic rings. The molecule has 0 bridgehead atoms. The lowest BCUT2D eigenvalue weighted by Crippen LogP contribution is -2.36. The first kappa shape index (κ1) is 22.0. The lowest BCUT2D eigenvalue weighted by molar-refractivity contribution is -0.385. The summed E-state index contributed by atoms with van der Waals surface area (Å²) in [4.78, 5) is 33.0. The summed E-state index contributed by atoms with van der Waals surface area (Å²) in [7, 11) is 0. The van der Waals surface area contributed by atoms with E-state index in [9.17, 15) is 38.0 Å². The van der Waals surface area contributed by atoms with E-state index in [4.69, 9.17) is 16.3 Å². The number of hydrogen-bond donors (Lipinski definition) is 0. The molecule has 29 heavy (non-hydrogen) atoms. The minimum absolute atomic E-state index is 0.140. The van der Waals surface area contributed by atoms with E-state index in [1.165, 1.54) is 0 Å². The van der Waals surface area contributed by atoms with Gasteiger partial charge in [-0.1, -0.05) is 11.6 Å². The van der Waals surface area contributed by atoms with Crippen molar-refractivity contribution >= 4 is 29.2 Å². The van der Waals surface area contributed by atoms with Crippen LogP contribution in [-0.2, 0) is 15.7 Å². The van der Waals surface area contributed by atoms with E-state index in [2.05, 4.69) is 4.74 Å². The zero-order chi connectivity index (χ0) is 21.9. The van der Waals surface area contributed by atoms with E-state index in [1.54, 1.807) is 0 Å². The van der Waals surface area contributed by atoms with Gasteiger partial charge >= 0.3 is 12.1 Å². The monoisotopic (exact) mass is 432 g/mol. The summed E-state index contributed by atoms with van der Waals surface area (Å²) >= 11 is 5.59. The number of esters is 1. The maximum atomic E-state index is 12.7. The van der Waals surface area contributed by atoms with Crippen molar-refractivity contribution < 1.29 is 42.3 Å². The fraction of sp³-hybridized carbons (Fsp3) is 0.176. The Balaban J connectivity index is 2.35. The lowest BCUT2D eigenvalue weighted by atomic mass is 10.1. The summed E-state index contributed by atoms with van der Waals surface area (Å²) in [5, 5.41) is 21.1. The van der Waals surface area contributed by atoms with Crippen molar-refractivity contribution in [1.29, 1.82) is 0 Å². The molecule has 0 aromatic heterocycles. The molecule has 2 aromatic rings. The molecule has 0 aliphatic carbocycles. The summed E-state index contributed by atoms with van der Waals surface area (Å²) in [6, 6.07) is 5.38. The molecule has 0 amide bonds. The average Bonchev–Trinajstić information content (AvgIpc) is 2.60. The van der Waals surface area contributed by atoms with Crippen LogP contribution in [0, 0.1) is 10.1 Å². The van der Waals surface area contributed by atoms with Crippen molar-refractivity contribution in [3.63, 3.8) is 0 Å². The van der Waals surface area contributed by atoms with Crippen LogP contribution in [0.3, 0.4) is 0 Å². The molecule has 2 rings (SSSR count). The highest BCUT2D eigenvalue weighted by atomic mass is 35.5. The first-order chi connectivity index (χ1) is 13.4. The largest absolute Gasteiger partial charge is 0.546 e. The molecular weight excluding hydrogens is 423 g/mol. The zero-order valence-corrected chi connectivity index (χ0v) is 15.1. The molecule has 0 saturated carbocycles. The van der Waals surface area contributed by atoms with E-state index in [0.717, 1.165) is 37.3 Å². The smallest absolute Gasteiger partial charge is 0.417 e. The number of nitro groups is 1. The van der Waals surface area contributed by atoms with Crippen molar-refractivity contribution in [1.82, 2.24) is 0 Å². The number of carbonyl (C=O) groups is 2. The summed E-state index contributed by atoms with van der Waals surface area (Å²) in [5.74, 6) is -3.35. The number of alkyl halides is 3. The predicted octanol–water partition coefficient (Wildman–Crippen LogP) is 3.35. The minimum Gasteiger partial charge on any atom is -0.546 e. The van der Waals surface area contributed by atoms with Crippen LogP contribution >= 0.6 is 11.6 Å². The fourth-order valence-electron chi connectivity index (χ4n) is 2.10. The van der Waals surface area contributed by atoms with Gasteiger partial charge in [0.25, 0.3) is 5.69 Å². The SMILES string of the molecule is CC(OC(=O)c1cc(Oc2ccc(C(F)(F)F)c(Cl)c2)ccc1[N+](=O)[O-])C(=O)[O-]. The highest BCUT2D eigenvalue weighted by molar-refractivity contribution is 6.31. The number of ether oxygens (including phenoxy) is 2. The molecule has 154 valence electrons. The molecule has 0 aliphatic heterocycles. The van der Waals surface area contributed by atoms with E-state index >= 15 is 0 Å². The number of hydrogen-bond acceptors (Lipinski definition) is 7. The van der Waals surface area contributed by atoms with Crippen LogP contribution < -0.4 is 9.84 Å². The van der Waals surface area contributed by atoms with Gasteiger partial charge in [-0.05, 0) is 25.1 Å². The Morgan fingerprint density at radius 2 is 1.72 bits per heavy atom. The van der Waals surface area contributed by atoms with Crippen LogP contribution in [0.25, 0.3) is 0 Å². The van der Waals surface area contributed by atoms with Gasteiger partial charge in [0.15, 0.2) is 0 Å². The third-order valence-corrected chi connectivity index (χ3v) is 3.79. The molecule has 0 radical (unpaired) electrons. The van der Waals surface area contributed by atoms with Crippen LogP contribution in [0.15, 0.2) is 36.4 Å². The van der Waals surface area contributed by atoms with Gasteiger partial charge < -0.3 is 19.4 Å². The number of carboxylic acid groups (broad SMARTS) is 1. The number of halogens is 4. The zero-order valence-electron chi connectivity index (χ0n) is 14.4. The van der Waals surface area contributed by atoms with Gasteiger partial charge in [-0.25, -0.2) is 4.79 Å². The Kier molecular flexibility index (Phi) is 6.32. The van der Waals surface area contributed by atoms with Gasteiger partial charge in [-0.2, -0.15) is 13.2 Å². The van der Waals surface area contributed by atoms with E-state index in [1.807, 2.05) is 0 Å². The second kappa shape index (κ2) is 8.35. The Labute approximate surface area is 165 Å². The van der Waals surface area contributed by atoms with Crippen molar-refractivity contribution in [3.05, 3.63) is 62.7 Å². The van der Waals surface area contributed by atoms with Crippen LogP contribution in [0.2, 0.25) is 5.02 Å². The second-order valence-corrected chi connectivity index (χ2v) is 5.95. The van der Waals surface area contributed by atoms with Gasteiger partial charge in [-0.3, -0.25) is 10.1 Å².